The van der Waals surface area contributed by atoms with E-state index in [-0.39, 0.29) is 11.9 Å². The first-order chi connectivity index (χ1) is 9.81. The molecule has 1 unspecified atom stereocenters. The Morgan fingerprint density at radius 3 is 2.65 bits per heavy atom. The molecule has 0 aliphatic heterocycles. The molecule has 2 aromatic rings. The molecule has 1 aromatic carbocycles. The average molecular weight is 271 g/mol. The maximum atomic E-state index is 12.2. The smallest absolute Gasteiger partial charge is 0.255 e. The molecule has 1 N–H and O–H groups in total. The van der Waals surface area contributed by atoms with Gasteiger partial charge in [-0.15, -0.1) is 0 Å². The quantitative estimate of drug-likeness (QED) is 0.761. The first kappa shape index (κ1) is 14.4. The lowest BCUT2D eigenvalue weighted by molar-refractivity contribution is 0.0933. The van der Waals surface area contributed by atoms with Gasteiger partial charge >= 0.3 is 0 Å². The summed E-state index contributed by atoms with van der Waals surface area (Å²) in [5, 5.41) is 3.10. The van der Waals surface area contributed by atoms with Crippen LogP contribution in [-0.2, 0) is 0 Å². The molecule has 0 aliphatic carbocycles. The fourth-order valence-corrected chi connectivity index (χ4v) is 2.24. The zero-order chi connectivity index (χ0) is 14.2. The van der Waals surface area contributed by atoms with E-state index < -0.39 is 0 Å². The molecule has 0 aliphatic rings. The maximum absolute atomic E-state index is 12.2. The Kier molecular flexibility index (Phi) is 5.42. The third kappa shape index (κ3) is 3.98. The standard InChI is InChI=1S/C17H21NO2/c1-2-3-5-10-16(14-8-6-4-7-9-14)18-17(19)15-11-12-20-13-15/h4,6-9,11-13,16H,2-3,5,10H2,1H3,(H,18,19). The van der Waals surface area contributed by atoms with Crippen LogP contribution in [0.2, 0.25) is 0 Å². The van der Waals surface area contributed by atoms with Crippen LogP contribution >= 0.6 is 0 Å². The van der Waals surface area contributed by atoms with Crippen LogP contribution in [0.3, 0.4) is 0 Å². The topological polar surface area (TPSA) is 42.2 Å². The lowest BCUT2D eigenvalue weighted by Crippen LogP contribution is -2.28. The number of rotatable bonds is 7. The lowest BCUT2D eigenvalue weighted by atomic mass is 10.00. The summed E-state index contributed by atoms with van der Waals surface area (Å²) in [4.78, 5) is 12.2. The predicted octanol–water partition coefficient (Wildman–Crippen LogP) is 4.33. The summed E-state index contributed by atoms with van der Waals surface area (Å²) in [5.41, 5.74) is 1.72. The fourth-order valence-electron chi connectivity index (χ4n) is 2.24. The first-order valence-corrected chi connectivity index (χ1v) is 7.19. The Hall–Kier alpha value is -2.03. The summed E-state index contributed by atoms with van der Waals surface area (Å²) in [6.07, 6.45) is 7.43. The van der Waals surface area contributed by atoms with Crippen LogP contribution in [0.15, 0.2) is 53.3 Å². The monoisotopic (exact) mass is 271 g/mol. The Labute approximate surface area is 120 Å². The van der Waals surface area contributed by atoms with Crippen molar-refractivity contribution in [2.24, 2.45) is 0 Å². The summed E-state index contributed by atoms with van der Waals surface area (Å²) < 4.78 is 4.96. The van der Waals surface area contributed by atoms with Gasteiger partial charge < -0.3 is 9.73 Å². The van der Waals surface area contributed by atoms with Crippen molar-refractivity contribution in [1.29, 1.82) is 0 Å². The highest BCUT2D eigenvalue weighted by molar-refractivity contribution is 5.94. The van der Waals surface area contributed by atoms with Gasteiger partial charge in [-0.05, 0) is 18.1 Å². The first-order valence-electron chi connectivity index (χ1n) is 7.19. The van der Waals surface area contributed by atoms with Crippen LogP contribution in [0.25, 0.3) is 0 Å². The summed E-state index contributed by atoms with van der Waals surface area (Å²) in [6.45, 7) is 2.18. The zero-order valence-electron chi connectivity index (χ0n) is 11.8. The molecule has 1 atom stereocenters. The van der Waals surface area contributed by atoms with Gasteiger partial charge in [0, 0.05) is 0 Å². The van der Waals surface area contributed by atoms with Crippen molar-refractivity contribution in [3.63, 3.8) is 0 Å². The van der Waals surface area contributed by atoms with Crippen LogP contribution in [0.4, 0.5) is 0 Å². The summed E-state index contributed by atoms with van der Waals surface area (Å²) in [5.74, 6) is -0.0795. The molecule has 1 amide bonds. The van der Waals surface area contributed by atoms with Crippen molar-refractivity contribution in [2.75, 3.05) is 0 Å². The van der Waals surface area contributed by atoms with Crippen molar-refractivity contribution >= 4 is 5.91 Å². The van der Waals surface area contributed by atoms with Gasteiger partial charge in [-0.1, -0.05) is 56.5 Å². The van der Waals surface area contributed by atoms with Gasteiger partial charge in [-0.3, -0.25) is 4.79 Å². The number of amides is 1. The van der Waals surface area contributed by atoms with Gasteiger partial charge in [-0.2, -0.15) is 0 Å². The Balaban J connectivity index is 2.04. The predicted molar refractivity (Wildman–Crippen MR) is 79.5 cm³/mol. The van der Waals surface area contributed by atoms with Crippen LogP contribution in [0.5, 0.6) is 0 Å². The Morgan fingerprint density at radius 1 is 1.20 bits per heavy atom. The van der Waals surface area contributed by atoms with E-state index >= 15 is 0 Å². The molecule has 20 heavy (non-hydrogen) atoms. The average Bonchev–Trinajstić information content (AvgIpc) is 3.01. The van der Waals surface area contributed by atoms with Crippen molar-refractivity contribution in [1.82, 2.24) is 5.32 Å². The number of hydrogen-bond acceptors (Lipinski definition) is 2. The van der Waals surface area contributed by atoms with Gasteiger partial charge in [0.05, 0.1) is 17.9 Å². The van der Waals surface area contributed by atoms with Gasteiger partial charge in [0.15, 0.2) is 0 Å². The van der Waals surface area contributed by atoms with Gasteiger partial charge in [0.25, 0.3) is 5.91 Å². The van der Waals surface area contributed by atoms with Gasteiger partial charge in [0.2, 0.25) is 0 Å². The SMILES string of the molecule is CCCCCC(NC(=O)c1ccoc1)c1ccccc1. The van der Waals surface area contributed by atoms with Crippen molar-refractivity contribution in [3.8, 4) is 0 Å². The van der Waals surface area contributed by atoms with E-state index in [1.165, 1.54) is 25.4 Å². The second-order valence-corrected chi connectivity index (χ2v) is 4.94. The normalized spacial score (nSPS) is 12.1. The van der Waals surface area contributed by atoms with E-state index in [0.717, 1.165) is 18.4 Å². The Bertz CT molecular complexity index is 505. The zero-order valence-corrected chi connectivity index (χ0v) is 11.8. The molecule has 1 heterocycles. The molecule has 106 valence electrons. The molecule has 0 bridgehead atoms. The summed E-state index contributed by atoms with van der Waals surface area (Å²) in [6, 6.07) is 11.9. The van der Waals surface area contributed by atoms with Crippen LogP contribution in [0, 0.1) is 0 Å². The Morgan fingerprint density at radius 2 is 2.00 bits per heavy atom. The molecule has 3 heteroatoms. The molecule has 1 aromatic heterocycles. The summed E-state index contributed by atoms with van der Waals surface area (Å²) in [7, 11) is 0. The minimum Gasteiger partial charge on any atom is -0.472 e. The number of nitrogens with one attached hydrogen (secondary N) is 1. The van der Waals surface area contributed by atoms with Crippen molar-refractivity contribution < 1.29 is 9.21 Å². The largest absolute Gasteiger partial charge is 0.472 e. The van der Waals surface area contributed by atoms with Crippen molar-refractivity contribution in [3.05, 3.63) is 60.1 Å². The van der Waals surface area contributed by atoms with Crippen molar-refractivity contribution in [2.45, 2.75) is 38.6 Å². The highest BCUT2D eigenvalue weighted by Gasteiger charge is 2.15. The molecular weight excluding hydrogens is 250 g/mol. The highest BCUT2D eigenvalue weighted by Crippen LogP contribution is 2.20. The molecular formula is C17H21NO2. The molecule has 2 rings (SSSR count). The van der Waals surface area contributed by atoms with E-state index in [0.29, 0.717) is 5.56 Å². The molecule has 0 saturated carbocycles. The van der Waals surface area contributed by atoms with Gasteiger partial charge in [-0.25, -0.2) is 0 Å². The minimum atomic E-state index is -0.0795. The number of unbranched alkanes of at least 4 members (excludes halogenated alkanes) is 2. The van der Waals surface area contributed by atoms with Crippen LogP contribution in [-0.4, -0.2) is 5.91 Å². The second kappa shape index (κ2) is 7.53. The van der Waals surface area contributed by atoms with Gasteiger partial charge in [0.1, 0.15) is 6.26 Å². The number of furan rings is 1. The van der Waals surface area contributed by atoms with E-state index in [4.69, 9.17) is 4.42 Å². The second-order valence-electron chi connectivity index (χ2n) is 4.94. The van der Waals surface area contributed by atoms with E-state index in [9.17, 15) is 4.79 Å². The number of carbonyl (C=O) groups is 1. The fraction of sp³-hybridized carbons (Fsp3) is 0.353. The number of hydrogen-bond donors (Lipinski definition) is 1. The highest BCUT2D eigenvalue weighted by atomic mass is 16.3. The number of benzene rings is 1. The van der Waals surface area contributed by atoms with E-state index in [2.05, 4.69) is 24.4 Å². The molecule has 0 saturated heterocycles. The molecule has 3 nitrogen and oxygen atoms in total. The third-order valence-electron chi connectivity index (χ3n) is 3.39. The lowest BCUT2D eigenvalue weighted by Gasteiger charge is -2.18. The third-order valence-corrected chi connectivity index (χ3v) is 3.39. The maximum Gasteiger partial charge on any atom is 0.255 e. The minimum absolute atomic E-state index is 0.0603. The van der Waals surface area contributed by atoms with Crippen LogP contribution in [0.1, 0.15) is 54.6 Å². The van der Waals surface area contributed by atoms with E-state index in [1.54, 1.807) is 6.07 Å². The molecule has 0 spiro atoms. The van der Waals surface area contributed by atoms with E-state index in [1.807, 2.05) is 18.2 Å². The number of carbonyl (C=O) groups excluding carboxylic acids is 1. The van der Waals surface area contributed by atoms with Crippen LogP contribution < -0.4 is 5.32 Å². The molecule has 0 radical (unpaired) electrons. The summed E-state index contributed by atoms with van der Waals surface area (Å²) >= 11 is 0. The molecule has 0 fully saturated rings.